The van der Waals surface area contributed by atoms with E-state index in [0.717, 1.165) is 16.0 Å². The second-order valence-electron chi connectivity index (χ2n) is 5.46. The highest BCUT2D eigenvalue weighted by Crippen LogP contribution is 2.30. The van der Waals surface area contributed by atoms with E-state index in [9.17, 15) is 14.4 Å². The van der Waals surface area contributed by atoms with Gasteiger partial charge in [-0.25, -0.2) is 4.79 Å². The van der Waals surface area contributed by atoms with E-state index in [1.54, 1.807) is 36.6 Å². The Morgan fingerprint density at radius 1 is 1.30 bits per heavy atom. The van der Waals surface area contributed by atoms with Crippen LogP contribution in [0.4, 0.5) is 5.00 Å². The maximum Gasteiger partial charge on any atom is 0.359 e. The second kappa shape index (κ2) is 8.32. The molecule has 0 saturated heterocycles. The average Bonchev–Trinajstić information content (AvgIpc) is 3.07. The minimum absolute atomic E-state index is 0.0180. The van der Waals surface area contributed by atoms with Gasteiger partial charge in [0.25, 0.3) is 5.56 Å². The van der Waals surface area contributed by atoms with Crippen molar-refractivity contribution in [3.05, 3.63) is 51.8 Å². The summed E-state index contributed by atoms with van der Waals surface area (Å²) in [5, 5.41) is 9.43. The number of hydrogen-bond donors (Lipinski definition) is 1. The number of carbonyl (C=O) groups is 2. The number of nitrogens with one attached hydrogen (secondary N) is 1. The number of rotatable bonds is 6. The molecule has 140 valence electrons. The minimum Gasteiger partial charge on any atom is -0.461 e. The van der Waals surface area contributed by atoms with Gasteiger partial charge in [0.2, 0.25) is 5.91 Å². The number of ether oxygens (including phenoxy) is 1. The number of fused-ring (bicyclic) bond motifs is 1. The number of anilines is 1. The molecule has 0 saturated carbocycles. The summed E-state index contributed by atoms with van der Waals surface area (Å²) in [6.07, 6.45) is 0.115. The summed E-state index contributed by atoms with van der Waals surface area (Å²) in [6, 6.07) is 8.73. The van der Waals surface area contributed by atoms with Gasteiger partial charge in [-0.15, -0.1) is 22.9 Å². The van der Waals surface area contributed by atoms with Gasteiger partial charge in [0.05, 0.1) is 17.7 Å². The molecule has 0 bridgehead atoms. The molecule has 1 amide bonds. The molecule has 3 rings (SSSR count). The van der Waals surface area contributed by atoms with E-state index in [-0.39, 0.29) is 35.9 Å². The number of halogens is 1. The van der Waals surface area contributed by atoms with Crippen LogP contribution in [0.15, 0.2) is 40.5 Å². The zero-order chi connectivity index (χ0) is 19.4. The minimum atomic E-state index is -0.636. The molecule has 2 aromatic heterocycles. The fourth-order valence-electron chi connectivity index (χ4n) is 2.51. The number of aromatic nitrogens is 2. The van der Waals surface area contributed by atoms with Gasteiger partial charge in [0.15, 0.2) is 5.69 Å². The predicted molar refractivity (Wildman–Crippen MR) is 105 cm³/mol. The first-order chi connectivity index (χ1) is 13.1. The molecule has 7 nitrogen and oxygen atoms in total. The van der Waals surface area contributed by atoms with E-state index >= 15 is 0 Å². The lowest BCUT2D eigenvalue weighted by molar-refractivity contribution is -0.115. The van der Waals surface area contributed by atoms with Gasteiger partial charge >= 0.3 is 5.97 Å². The lowest BCUT2D eigenvalue weighted by atomic mass is 10.2. The third-order valence-electron chi connectivity index (χ3n) is 3.70. The Kier molecular flexibility index (Phi) is 5.88. The Bertz CT molecular complexity index is 1050. The topological polar surface area (TPSA) is 90.3 Å². The van der Waals surface area contributed by atoms with Crippen LogP contribution >= 0.6 is 22.9 Å². The van der Waals surface area contributed by atoms with Crippen LogP contribution in [0.25, 0.3) is 16.5 Å². The normalized spacial score (nSPS) is 10.7. The highest BCUT2D eigenvalue weighted by atomic mass is 35.5. The molecule has 9 heteroatoms. The molecular weight excluding hydrogens is 390 g/mol. The number of nitrogens with zero attached hydrogens (tertiary/aromatic N) is 2. The average molecular weight is 406 g/mol. The van der Waals surface area contributed by atoms with Crippen LogP contribution in [0.1, 0.15) is 23.8 Å². The Morgan fingerprint density at radius 3 is 2.70 bits per heavy atom. The monoisotopic (exact) mass is 405 g/mol. The number of thiophene rings is 1. The zero-order valence-electron chi connectivity index (χ0n) is 14.4. The van der Waals surface area contributed by atoms with Crippen molar-refractivity contribution in [1.82, 2.24) is 9.78 Å². The Balaban J connectivity index is 2.24. The SMILES string of the molecule is CCOC(=O)c1nn(-c2ccccc2)c(=O)c2c(NC(=O)CCCl)scc12. The van der Waals surface area contributed by atoms with E-state index in [2.05, 4.69) is 10.4 Å². The van der Waals surface area contributed by atoms with Gasteiger partial charge in [0, 0.05) is 23.1 Å². The molecule has 0 radical (unpaired) electrons. The van der Waals surface area contributed by atoms with Crippen LogP contribution in [0.2, 0.25) is 0 Å². The number of esters is 1. The van der Waals surface area contributed by atoms with Crippen molar-refractivity contribution in [2.75, 3.05) is 17.8 Å². The van der Waals surface area contributed by atoms with Gasteiger partial charge in [0.1, 0.15) is 5.00 Å². The van der Waals surface area contributed by atoms with Gasteiger partial charge in [-0.05, 0) is 19.1 Å². The van der Waals surface area contributed by atoms with Gasteiger partial charge in [-0.2, -0.15) is 9.78 Å². The van der Waals surface area contributed by atoms with Crippen molar-refractivity contribution in [2.24, 2.45) is 0 Å². The van der Waals surface area contributed by atoms with E-state index in [0.29, 0.717) is 16.1 Å². The molecule has 0 atom stereocenters. The van der Waals surface area contributed by atoms with E-state index < -0.39 is 11.5 Å². The summed E-state index contributed by atoms with van der Waals surface area (Å²) < 4.78 is 6.22. The first kappa shape index (κ1) is 19.1. The molecule has 0 unspecified atom stereocenters. The standard InChI is InChI=1S/C18H16ClN3O4S/c1-2-26-18(25)15-12-10-27-16(20-13(23)8-9-19)14(12)17(24)22(21-15)11-6-4-3-5-7-11/h3-7,10H,2,8-9H2,1H3,(H,20,23). The number of alkyl halides is 1. The fourth-order valence-corrected chi connectivity index (χ4v) is 3.64. The molecule has 1 aromatic carbocycles. The lowest BCUT2D eigenvalue weighted by Crippen LogP contribution is -2.25. The third-order valence-corrected chi connectivity index (χ3v) is 4.78. The number of carbonyl (C=O) groups excluding carboxylic acids is 2. The lowest BCUT2D eigenvalue weighted by Gasteiger charge is -2.09. The number of amides is 1. The molecule has 2 heterocycles. The van der Waals surface area contributed by atoms with Crippen molar-refractivity contribution in [3.8, 4) is 5.69 Å². The summed E-state index contributed by atoms with van der Waals surface area (Å²) in [4.78, 5) is 37.4. The molecule has 0 aliphatic rings. The Hall–Kier alpha value is -2.71. The highest BCUT2D eigenvalue weighted by Gasteiger charge is 2.23. The number of benzene rings is 1. The number of para-hydroxylation sites is 1. The quantitative estimate of drug-likeness (QED) is 0.502. The van der Waals surface area contributed by atoms with Crippen molar-refractivity contribution < 1.29 is 14.3 Å². The molecular formula is C18H16ClN3O4S. The molecule has 0 spiro atoms. The molecule has 0 aliphatic carbocycles. The van der Waals surface area contributed by atoms with Gasteiger partial charge in [-0.3, -0.25) is 9.59 Å². The maximum absolute atomic E-state index is 13.1. The van der Waals surface area contributed by atoms with E-state index in [1.807, 2.05) is 6.07 Å². The van der Waals surface area contributed by atoms with Crippen molar-refractivity contribution in [1.29, 1.82) is 0 Å². The van der Waals surface area contributed by atoms with Crippen LogP contribution in [-0.2, 0) is 9.53 Å². The maximum atomic E-state index is 13.1. The molecule has 0 fully saturated rings. The smallest absolute Gasteiger partial charge is 0.359 e. The Morgan fingerprint density at radius 2 is 2.04 bits per heavy atom. The van der Waals surface area contributed by atoms with Crippen LogP contribution in [0, 0.1) is 0 Å². The second-order valence-corrected chi connectivity index (χ2v) is 6.72. The first-order valence-corrected chi connectivity index (χ1v) is 9.61. The molecule has 3 aromatic rings. The zero-order valence-corrected chi connectivity index (χ0v) is 16.0. The summed E-state index contributed by atoms with van der Waals surface area (Å²) in [5.41, 5.74) is 0.0789. The van der Waals surface area contributed by atoms with Crippen molar-refractivity contribution in [2.45, 2.75) is 13.3 Å². The Labute approximate surface area is 163 Å². The largest absolute Gasteiger partial charge is 0.461 e. The van der Waals surface area contributed by atoms with Crippen LogP contribution in [0.5, 0.6) is 0 Å². The predicted octanol–water partition coefficient (Wildman–Crippen LogP) is 3.19. The van der Waals surface area contributed by atoms with E-state index in [4.69, 9.17) is 16.3 Å². The highest BCUT2D eigenvalue weighted by molar-refractivity contribution is 7.16. The molecule has 0 aliphatic heterocycles. The fraction of sp³-hybridized carbons (Fsp3) is 0.222. The molecule has 1 N–H and O–H groups in total. The summed E-state index contributed by atoms with van der Waals surface area (Å²) in [7, 11) is 0. The summed E-state index contributed by atoms with van der Waals surface area (Å²) in [5.74, 6) is -0.781. The summed E-state index contributed by atoms with van der Waals surface area (Å²) >= 11 is 6.75. The van der Waals surface area contributed by atoms with Crippen LogP contribution in [-0.4, -0.2) is 34.1 Å². The number of hydrogen-bond acceptors (Lipinski definition) is 6. The van der Waals surface area contributed by atoms with Crippen LogP contribution < -0.4 is 10.9 Å². The van der Waals surface area contributed by atoms with Crippen LogP contribution in [0.3, 0.4) is 0 Å². The summed E-state index contributed by atoms with van der Waals surface area (Å²) in [6.45, 7) is 1.86. The third kappa shape index (κ3) is 3.86. The van der Waals surface area contributed by atoms with Crippen molar-refractivity contribution in [3.63, 3.8) is 0 Å². The van der Waals surface area contributed by atoms with Gasteiger partial charge in [-0.1, -0.05) is 18.2 Å². The van der Waals surface area contributed by atoms with Crippen molar-refractivity contribution >= 4 is 50.6 Å². The molecule has 27 heavy (non-hydrogen) atoms. The first-order valence-electron chi connectivity index (χ1n) is 8.19. The van der Waals surface area contributed by atoms with Gasteiger partial charge < -0.3 is 10.1 Å². The van der Waals surface area contributed by atoms with E-state index in [1.165, 1.54) is 0 Å².